The number of morpholine rings is 1. The van der Waals surface area contributed by atoms with E-state index >= 15 is 0 Å². The highest BCUT2D eigenvalue weighted by Crippen LogP contribution is 2.17. The fourth-order valence-electron chi connectivity index (χ4n) is 2.35. The lowest BCUT2D eigenvalue weighted by Gasteiger charge is -2.26. The lowest BCUT2D eigenvalue weighted by Crippen LogP contribution is -2.41. The highest BCUT2D eigenvalue weighted by atomic mass is 16.5. The standard InChI is InChI=1S/C17H24N2O3/c1-14(15-3-5-16(21-2)6-4-15)13-17(20)18-7-8-19-9-11-22-12-10-19/h3-6,13H,7-12H2,1-2H3,(H,18,20)/b14-13+. The normalized spacial score (nSPS) is 16.4. The van der Waals surface area contributed by atoms with Crippen LogP contribution in [-0.2, 0) is 9.53 Å². The molecule has 1 saturated heterocycles. The number of ether oxygens (including phenoxy) is 2. The van der Waals surface area contributed by atoms with Crippen molar-refractivity contribution in [2.24, 2.45) is 0 Å². The summed E-state index contributed by atoms with van der Waals surface area (Å²) in [5.41, 5.74) is 1.95. The zero-order chi connectivity index (χ0) is 15.8. The number of amides is 1. The summed E-state index contributed by atoms with van der Waals surface area (Å²) in [6.45, 7) is 6.90. The van der Waals surface area contributed by atoms with E-state index in [0.29, 0.717) is 6.54 Å². The Labute approximate surface area is 131 Å². The number of nitrogens with one attached hydrogen (secondary N) is 1. The Morgan fingerprint density at radius 3 is 2.64 bits per heavy atom. The molecule has 1 amide bonds. The van der Waals surface area contributed by atoms with Crippen molar-refractivity contribution in [3.8, 4) is 5.75 Å². The topological polar surface area (TPSA) is 50.8 Å². The van der Waals surface area contributed by atoms with E-state index in [-0.39, 0.29) is 5.91 Å². The smallest absolute Gasteiger partial charge is 0.244 e. The van der Waals surface area contributed by atoms with E-state index in [1.165, 1.54) is 0 Å². The van der Waals surface area contributed by atoms with Crippen LogP contribution in [0.2, 0.25) is 0 Å². The number of allylic oxidation sites excluding steroid dienone is 1. The molecule has 5 heteroatoms. The van der Waals surface area contributed by atoms with Crippen LogP contribution in [0.4, 0.5) is 0 Å². The predicted octanol–water partition coefficient (Wildman–Crippen LogP) is 1.55. The summed E-state index contributed by atoms with van der Waals surface area (Å²) in [5.74, 6) is 0.757. The fourth-order valence-corrected chi connectivity index (χ4v) is 2.35. The van der Waals surface area contributed by atoms with E-state index < -0.39 is 0 Å². The maximum atomic E-state index is 11.9. The van der Waals surface area contributed by atoms with Gasteiger partial charge in [0.2, 0.25) is 5.91 Å². The van der Waals surface area contributed by atoms with Crippen LogP contribution < -0.4 is 10.1 Å². The van der Waals surface area contributed by atoms with Crippen molar-refractivity contribution in [3.63, 3.8) is 0 Å². The van der Waals surface area contributed by atoms with Crippen molar-refractivity contribution in [1.82, 2.24) is 10.2 Å². The first-order valence-electron chi connectivity index (χ1n) is 7.59. The van der Waals surface area contributed by atoms with Gasteiger partial charge in [-0.1, -0.05) is 12.1 Å². The Morgan fingerprint density at radius 2 is 2.00 bits per heavy atom. The summed E-state index contributed by atoms with van der Waals surface area (Å²) >= 11 is 0. The van der Waals surface area contributed by atoms with Crippen molar-refractivity contribution in [1.29, 1.82) is 0 Å². The molecule has 0 unspecified atom stereocenters. The van der Waals surface area contributed by atoms with Gasteiger partial charge in [0, 0.05) is 32.3 Å². The zero-order valence-corrected chi connectivity index (χ0v) is 13.3. The van der Waals surface area contributed by atoms with Crippen LogP contribution in [0.5, 0.6) is 5.75 Å². The molecule has 1 aromatic rings. The monoisotopic (exact) mass is 304 g/mol. The highest BCUT2D eigenvalue weighted by molar-refractivity contribution is 5.94. The third-order valence-electron chi connectivity index (χ3n) is 3.72. The third kappa shape index (κ3) is 5.16. The van der Waals surface area contributed by atoms with Gasteiger partial charge in [0.15, 0.2) is 0 Å². The minimum atomic E-state index is -0.0541. The Morgan fingerprint density at radius 1 is 1.32 bits per heavy atom. The second-order valence-corrected chi connectivity index (χ2v) is 5.30. The third-order valence-corrected chi connectivity index (χ3v) is 3.72. The van der Waals surface area contributed by atoms with Gasteiger partial charge in [0.05, 0.1) is 20.3 Å². The molecule has 0 atom stereocenters. The van der Waals surface area contributed by atoms with E-state index in [0.717, 1.165) is 49.7 Å². The molecule has 5 nitrogen and oxygen atoms in total. The van der Waals surface area contributed by atoms with Gasteiger partial charge < -0.3 is 14.8 Å². The van der Waals surface area contributed by atoms with Crippen LogP contribution >= 0.6 is 0 Å². The van der Waals surface area contributed by atoms with Crippen LogP contribution in [-0.4, -0.2) is 57.3 Å². The van der Waals surface area contributed by atoms with Crippen molar-refractivity contribution in [2.45, 2.75) is 6.92 Å². The first-order chi connectivity index (χ1) is 10.7. The SMILES string of the molecule is COc1ccc(/C(C)=C/C(=O)NCCN2CCOCC2)cc1. The maximum Gasteiger partial charge on any atom is 0.244 e. The van der Waals surface area contributed by atoms with Gasteiger partial charge in [-0.05, 0) is 30.2 Å². The van der Waals surface area contributed by atoms with Gasteiger partial charge in [0.25, 0.3) is 0 Å². The molecular weight excluding hydrogens is 280 g/mol. The van der Waals surface area contributed by atoms with E-state index in [1.807, 2.05) is 31.2 Å². The minimum Gasteiger partial charge on any atom is -0.497 e. The Balaban J connectivity index is 1.78. The summed E-state index contributed by atoms with van der Waals surface area (Å²) < 4.78 is 10.4. The Kier molecular flexibility index (Phi) is 6.43. The molecule has 1 aromatic carbocycles. The molecule has 0 bridgehead atoms. The Bertz CT molecular complexity index is 505. The number of hydrogen-bond acceptors (Lipinski definition) is 4. The van der Waals surface area contributed by atoms with Crippen LogP contribution in [0.3, 0.4) is 0 Å². The van der Waals surface area contributed by atoms with Gasteiger partial charge in [-0.2, -0.15) is 0 Å². The number of carbonyl (C=O) groups excluding carboxylic acids is 1. The van der Waals surface area contributed by atoms with Gasteiger partial charge in [-0.15, -0.1) is 0 Å². The molecule has 120 valence electrons. The number of hydrogen-bond donors (Lipinski definition) is 1. The summed E-state index contributed by atoms with van der Waals surface area (Å²) in [4.78, 5) is 14.2. The van der Waals surface area contributed by atoms with E-state index in [1.54, 1.807) is 13.2 Å². The first-order valence-corrected chi connectivity index (χ1v) is 7.59. The van der Waals surface area contributed by atoms with Gasteiger partial charge >= 0.3 is 0 Å². The summed E-state index contributed by atoms with van der Waals surface area (Å²) in [6, 6.07) is 7.68. The van der Waals surface area contributed by atoms with E-state index in [9.17, 15) is 4.79 Å². The lowest BCUT2D eigenvalue weighted by molar-refractivity contribution is -0.116. The van der Waals surface area contributed by atoms with Crippen LogP contribution in [0.15, 0.2) is 30.3 Å². The highest BCUT2D eigenvalue weighted by Gasteiger charge is 2.09. The summed E-state index contributed by atoms with van der Waals surface area (Å²) in [5, 5.41) is 2.93. The first kappa shape index (κ1) is 16.5. The summed E-state index contributed by atoms with van der Waals surface area (Å²) in [7, 11) is 1.64. The molecule has 0 radical (unpaired) electrons. The largest absolute Gasteiger partial charge is 0.497 e. The average molecular weight is 304 g/mol. The molecule has 0 saturated carbocycles. The Hall–Kier alpha value is -1.85. The molecule has 2 rings (SSSR count). The molecular formula is C17H24N2O3. The van der Waals surface area contributed by atoms with Crippen molar-refractivity contribution < 1.29 is 14.3 Å². The zero-order valence-electron chi connectivity index (χ0n) is 13.3. The number of carbonyl (C=O) groups is 1. The molecule has 1 aliphatic rings. The molecule has 1 heterocycles. The van der Waals surface area contributed by atoms with E-state index in [2.05, 4.69) is 10.2 Å². The lowest BCUT2D eigenvalue weighted by atomic mass is 10.1. The van der Waals surface area contributed by atoms with Crippen molar-refractivity contribution in [2.75, 3.05) is 46.5 Å². The molecule has 1 N–H and O–H groups in total. The van der Waals surface area contributed by atoms with Gasteiger partial charge in [0.1, 0.15) is 5.75 Å². The molecule has 0 aromatic heterocycles. The molecule has 22 heavy (non-hydrogen) atoms. The van der Waals surface area contributed by atoms with Crippen molar-refractivity contribution in [3.05, 3.63) is 35.9 Å². The number of methoxy groups -OCH3 is 1. The number of nitrogens with zero attached hydrogens (tertiary/aromatic N) is 1. The van der Waals surface area contributed by atoms with Gasteiger partial charge in [-0.3, -0.25) is 9.69 Å². The number of rotatable bonds is 6. The summed E-state index contributed by atoms with van der Waals surface area (Å²) in [6.07, 6.45) is 1.64. The number of benzene rings is 1. The maximum absolute atomic E-state index is 11.9. The molecule has 1 fully saturated rings. The van der Waals surface area contributed by atoms with Crippen LogP contribution in [0.25, 0.3) is 5.57 Å². The quantitative estimate of drug-likeness (QED) is 0.810. The molecule has 0 aliphatic carbocycles. The van der Waals surface area contributed by atoms with Gasteiger partial charge in [-0.25, -0.2) is 0 Å². The second kappa shape index (κ2) is 8.56. The molecule has 1 aliphatic heterocycles. The predicted molar refractivity (Wildman–Crippen MR) is 86.9 cm³/mol. The van der Waals surface area contributed by atoms with Crippen molar-refractivity contribution >= 4 is 11.5 Å². The fraction of sp³-hybridized carbons (Fsp3) is 0.471. The van der Waals surface area contributed by atoms with E-state index in [4.69, 9.17) is 9.47 Å². The van der Waals surface area contributed by atoms with Crippen LogP contribution in [0.1, 0.15) is 12.5 Å². The van der Waals surface area contributed by atoms with Crippen LogP contribution in [0, 0.1) is 0 Å². The average Bonchev–Trinajstić information content (AvgIpc) is 2.56. The second-order valence-electron chi connectivity index (χ2n) is 5.30. The minimum absolute atomic E-state index is 0.0541. The molecule has 0 spiro atoms.